The average molecular weight is 406 g/mol. The van der Waals surface area contributed by atoms with Gasteiger partial charge in [0.2, 0.25) is 0 Å². The Balaban J connectivity index is 1.33. The Hall–Kier alpha value is -3.94. The summed E-state index contributed by atoms with van der Waals surface area (Å²) >= 11 is 0. The zero-order chi connectivity index (χ0) is 20.8. The lowest BCUT2D eigenvalue weighted by Crippen LogP contribution is -2.22. The number of guanidine groups is 1. The van der Waals surface area contributed by atoms with E-state index in [1.54, 1.807) is 24.3 Å². The minimum Gasteiger partial charge on any atom is -0.490 e. The number of rotatable bonds is 5. The van der Waals surface area contributed by atoms with Gasteiger partial charge in [-0.3, -0.25) is 4.79 Å². The number of furan rings is 1. The molecule has 0 aliphatic carbocycles. The van der Waals surface area contributed by atoms with Gasteiger partial charge in [-0.05, 0) is 42.0 Å². The number of fused-ring (bicyclic) bond motifs is 1. The SMILES string of the molecule is NC(=NCc1ccc(NC(=O)c2ccco2)cc1)Nc1ccc2c(c1)OCCCO2. The molecule has 1 aliphatic heterocycles. The highest BCUT2D eigenvalue weighted by Gasteiger charge is 2.11. The second-order valence-electron chi connectivity index (χ2n) is 6.67. The van der Waals surface area contributed by atoms with E-state index in [1.165, 1.54) is 6.26 Å². The summed E-state index contributed by atoms with van der Waals surface area (Å²) < 4.78 is 16.4. The zero-order valence-corrected chi connectivity index (χ0v) is 16.3. The highest BCUT2D eigenvalue weighted by Crippen LogP contribution is 2.32. The predicted octanol–water partition coefficient (Wildman–Crippen LogP) is 3.62. The van der Waals surface area contributed by atoms with Gasteiger partial charge in [-0.25, -0.2) is 4.99 Å². The molecule has 0 saturated heterocycles. The van der Waals surface area contributed by atoms with Crippen molar-refractivity contribution in [1.82, 2.24) is 0 Å². The molecule has 2 aromatic carbocycles. The van der Waals surface area contributed by atoms with Crippen LogP contribution in [0.4, 0.5) is 11.4 Å². The lowest BCUT2D eigenvalue weighted by atomic mass is 10.2. The van der Waals surface area contributed by atoms with Crippen molar-refractivity contribution in [1.29, 1.82) is 0 Å². The molecule has 1 amide bonds. The molecular formula is C22H22N4O4. The topological polar surface area (TPSA) is 111 Å². The summed E-state index contributed by atoms with van der Waals surface area (Å²) in [5.41, 5.74) is 8.41. The maximum atomic E-state index is 12.0. The molecule has 1 aromatic heterocycles. The largest absolute Gasteiger partial charge is 0.490 e. The van der Waals surface area contributed by atoms with Gasteiger partial charge in [-0.15, -0.1) is 0 Å². The number of carbonyl (C=O) groups excluding carboxylic acids is 1. The van der Waals surface area contributed by atoms with Crippen LogP contribution in [0, 0.1) is 0 Å². The second kappa shape index (κ2) is 9.04. The third kappa shape index (κ3) is 4.91. The van der Waals surface area contributed by atoms with Gasteiger partial charge >= 0.3 is 0 Å². The van der Waals surface area contributed by atoms with E-state index >= 15 is 0 Å². The average Bonchev–Trinajstić information content (AvgIpc) is 3.20. The summed E-state index contributed by atoms with van der Waals surface area (Å²) in [4.78, 5) is 16.3. The van der Waals surface area contributed by atoms with E-state index in [1.807, 2.05) is 30.3 Å². The van der Waals surface area contributed by atoms with Gasteiger partial charge < -0.3 is 30.3 Å². The van der Waals surface area contributed by atoms with Crippen molar-refractivity contribution in [3.63, 3.8) is 0 Å². The first-order valence-electron chi connectivity index (χ1n) is 9.58. The van der Waals surface area contributed by atoms with E-state index in [9.17, 15) is 4.79 Å². The Bertz CT molecular complexity index is 1030. The van der Waals surface area contributed by atoms with Gasteiger partial charge in [0.25, 0.3) is 5.91 Å². The van der Waals surface area contributed by atoms with Crippen molar-refractivity contribution in [3.8, 4) is 11.5 Å². The van der Waals surface area contributed by atoms with E-state index in [0.29, 0.717) is 37.2 Å². The molecule has 1 aliphatic rings. The quantitative estimate of drug-likeness (QED) is 0.441. The summed E-state index contributed by atoms with van der Waals surface area (Å²) in [7, 11) is 0. The fourth-order valence-electron chi connectivity index (χ4n) is 2.90. The van der Waals surface area contributed by atoms with Crippen molar-refractivity contribution in [2.75, 3.05) is 23.8 Å². The Kier molecular flexibility index (Phi) is 5.84. The number of hydrogen-bond donors (Lipinski definition) is 3. The molecule has 154 valence electrons. The lowest BCUT2D eigenvalue weighted by Gasteiger charge is -2.11. The zero-order valence-electron chi connectivity index (χ0n) is 16.3. The third-order valence-corrected chi connectivity index (χ3v) is 4.41. The smallest absolute Gasteiger partial charge is 0.291 e. The van der Waals surface area contributed by atoms with Crippen LogP contribution in [0.15, 0.2) is 70.3 Å². The van der Waals surface area contributed by atoms with Gasteiger partial charge in [0.05, 0.1) is 26.0 Å². The van der Waals surface area contributed by atoms with E-state index in [-0.39, 0.29) is 11.7 Å². The van der Waals surface area contributed by atoms with Crippen LogP contribution in [-0.4, -0.2) is 25.1 Å². The predicted molar refractivity (Wildman–Crippen MR) is 114 cm³/mol. The number of carbonyl (C=O) groups is 1. The minimum atomic E-state index is -0.297. The van der Waals surface area contributed by atoms with Crippen molar-refractivity contribution >= 4 is 23.2 Å². The van der Waals surface area contributed by atoms with Gasteiger partial charge in [-0.1, -0.05) is 12.1 Å². The molecule has 0 saturated carbocycles. The highest BCUT2D eigenvalue weighted by atomic mass is 16.5. The third-order valence-electron chi connectivity index (χ3n) is 4.41. The molecule has 2 heterocycles. The van der Waals surface area contributed by atoms with E-state index < -0.39 is 0 Å². The number of amides is 1. The molecule has 8 heteroatoms. The summed E-state index contributed by atoms with van der Waals surface area (Å²) in [6, 6.07) is 16.2. The Labute approximate surface area is 173 Å². The van der Waals surface area contributed by atoms with Crippen LogP contribution in [-0.2, 0) is 6.54 Å². The summed E-state index contributed by atoms with van der Waals surface area (Å²) in [5, 5.41) is 5.83. The number of anilines is 2. The fourth-order valence-corrected chi connectivity index (χ4v) is 2.90. The molecule has 0 unspecified atom stereocenters. The molecule has 8 nitrogen and oxygen atoms in total. The van der Waals surface area contributed by atoms with Crippen molar-refractivity contribution in [2.45, 2.75) is 13.0 Å². The number of nitrogens with two attached hydrogens (primary N) is 1. The van der Waals surface area contributed by atoms with Crippen molar-refractivity contribution in [2.24, 2.45) is 10.7 Å². The van der Waals surface area contributed by atoms with Crippen LogP contribution < -0.4 is 25.8 Å². The number of ether oxygens (including phenoxy) is 2. The van der Waals surface area contributed by atoms with Crippen LogP contribution in [0.25, 0.3) is 0 Å². The first kappa shape index (κ1) is 19.4. The normalized spacial score (nSPS) is 13.4. The monoisotopic (exact) mass is 406 g/mol. The molecular weight excluding hydrogens is 384 g/mol. The highest BCUT2D eigenvalue weighted by molar-refractivity contribution is 6.02. The molecule has 30 heavy (non-hydrogen) atoms. The van der Waals surface area contributed by atoms with Crippen LogP contribution in [0.1, 0.15) is 22.5 Å². The number of aliphatic imine (C=N–C) groups is 1. The van der Waals surface area contributed by atoms with Gasteiger partial charge in [0, 0.05) is 23.9 Å². The molecule has 3 aromatic rings. The first-order chi connectivity index (χ1) is 14.7. The molecule has 0 fully saturated rings. The van der Waals surface area contributed by atoms with Gasteiger partial charge in [0.1, 0.15) is 0 Å². The van der Waals surface area contributed by atoms with Crippen LogP contribution in [0.2, 0.25) is 0 Å². The Morgan fingerprint density at radius 1 is 0.967 bits per heavy atom. The van der Waals surface area contributed by atoms with Gasteiger partial charge in [-0.2, -0.15) is 0 Å². The molecule has 0 atom stereocenters. The summed E-state index contributed by atoms with van der Waals surface area (Å²) in [5.74, 6) is 1.68. The first-order valence-corrected chi connectivity index (χ1v) is 9.58. The number of hydrogen-bond acceptors (Lipinski definition) is 5. The number of nitrogens with zero attached hydrogens (tertiary/aromatic N) is 1. The molecule has 0 spiro atoms. The van der Waals surface area contributed by atoms with Crippen LogP contribution in [0.5, 0.6) is 11.5 Å². The van der Waals surface area contributed by atoms with Crippen molar-refractivity contribution in [3.05, 3.63) is 72.2 Å². The second-order valence-corrected chi connectivity index (χ2v) is 6.67. The maximum Gasteiger partial charge on any atom is 0.291 e. The number of benzene rings is 2. The van der Waals surface area contributed by atoms with Gasteiger partial charge in [0.15, 0.2) is 23.2 Å². The summed E-state index contributed by atoms with van der Waals surface area (Å²) in [6.45, 7) is 1.67. The standard InChI is InChI=1S/C22H22N4O4/c23-22(26-17-8-9-18-20(13-17)30-12-2-11-28-18)24-14-15-4-6-16(7-5-15)25-21(27)19-3-1-10-29-19/h1,3-10,13H,2,11-12,14H2,(H,25,27)(H3,23,24,26). The molecule has 4 N–H and O–H groups in total. The van der Waals surface area contributed by atoms with Crippen molar-refractivity contribution < 1.29 is 18.7 Å². The van der Waals surface area contributed by atoms with E-state index in [4.69, 9.17) is 19.6 Å². The summed E-state index contributed by atoms with van der Waals surface area (Å²) in [6.07, 6.45) is 2.31. The Morgan fingerprint density at radius 2 is 1.73 bits per heavy atom. The van der Waals surface area contributed by atoms with E-state index in [2.05, 4.69) is 15.6 Å². The molecule has 0 bridgehead atoms. The molecule has 4 rings (SSSR count). The fraction of sp³-hybridized carbons (Fsp3) is 0.182. The Morgan fingerprint density at radius 3 is 2.50 bits per heavy atom. The van der Waals surface area contributed by atoms with Crippen LogP contribution in [0.3, 0.4) is 0 Å². The van der Waals surface area contributed by atoms with Crippen LogP contribution >= 0.6 is 0 Å². The maximum absolute atomic E-state index is 12.0. The minimum absolute atomic E-state index is 0.261. The lowest BCUT2D eigenvalue weighted by molar-refractivity contribution is 0.0996. The molecule has 0 radical (unpaired) electrons. The van der Waals surface area contributed by atoms with E-state index in [0.717, 1.165) is 23.4 Å². The number of nitrogens with one attached hydrogen (secondary N) is 2.